The van der Waals surface area contributed by atoms with E-state index in [1.807, 2.05) is 12.1 Å². The topological polar surface area (TPSA) is 49.6 Å². The lowest BCUT2D eigenvalue weighted by Gasteiger charge is -2.37. The Morgan fingerprint density at radius 1 is 1.08 bits per heavy atom. The monoisotopic (exact) mass is 399 g/mol. The molecule has 3 rings (SSSR count). The quantitative estimate of drug-likeness (QED) is 0.784. The van der Waals surface area contributed by atoms with Crippen molar-refractivity contribution >= 4 is 33.6 Å². The van der Waals surface area contributed by atoms with Gasteiger partial charge in [0.25, 0.3) is 0 Å². The van der Waals surface area contributed by atoms with E-state index in [-0.39, 0.29) is 0 Å². The number of hydrogen-bond donors (Lipinski definition) is 1. The minimum atomic E-state index is -0.429. The minimum Gasteiger partial charge on any atom is -0.368 e. The van der Waals surface area contributed by atoms with Crippen LogP contribution >= 0.6 is 15.9 Å². The summed E-state index contributed by atoms with van der Waals surface area (Å²) >= 11 is 3.55. The van der Waals surface area contributed by atoms with E-state index in [9.17, 15) is 4.79 Å². The van der Waals surface area contributed by atoms with Gasteiger partial charge in [-0.15, -0.1) is 0 Å². The van der Waals surface area contributed by atoms with Gasteiger partial charge in [-0.05, 0) is 29.3 Å². The summed E-state index contributed by atoms with van der Waals surface area (Å²) in [6.45, 7) is 4.93. The first-order chi connectivity index (χ1) is 12.1. The first-order valence-corrected chi connectivity index (χ1v) is 9.19. The Labute approximate surface area is 157 Å². The van der Waals surface area contributed by atoms with Crippen LogP contribution < -0.4 is 10.6 Å². The van der Waals surface area contributed by atoms with Crippen molar-refractivity contribution in [3.05, 3.63) is 70.2 Å². The fourth-order valence-corrected chi connectivity index (χ4v) is 3.44. The van der Waals surface area contributed by atoms with Crippen LogP contribution in [-0.4, -0.2) is 37.0 Å². The fourth-order valence-electron chi connectivity index (χ4n) is 3.09. The summed E-state index contributed by atoms with van der Waals surface area (Å²) in [6.07, 6.45) is 3.21. The number of primary amides is 1. The molecule has 0 aliphatic carbocycles. The van der Waals surface area contributed by atoms with E-state index in [4.69, 9.17) is 5.73 Å². The Kier molecular flexibility index (Phi) is 5.89. The zero-order valence-electron chi connectivity index (χ0n) is 14.1. The van der Waals surface area contributed by atoms with E-state index in [0.717, 1.165) is 48.4 Å². The summed E-state index contributed by atoms with van der Waals surface area (Å²) in [5, 5.41) is 0. The highest BCUT2D eigenvalue weighted by atomic mass is 79.9. The van der Waals surface area contributed by atoms with Crippen LogP contribution in [0.15, 0.2) is 59.1 Å². The van der Waals surface area contributed by atoms with Crippen LogP contribution in [0.1, 0.15) is 11.1 Å². The summed E-state index contributed by atoms with van der Waals surface area (Å²) in [5.41, 5.74) is 8.73. The normalized spacial score (nSPS) is 15.6. The van der Waals surface area contributed by atoms with Crippen LogP contribution in [0.4, 0.5) is 5.69 Å². The van der Waals surface area contributed by atoms with Gasteiger partial charge in [0.2, 0.25) is 5.91 Å². The molecule has 0 atom stereocenters. The van der Waals surface area contributed by atoms with Gasteiger partial charge in [0.15, 0.2) is 0 Å². The molecule has 1 aliphatic rings. The maximum Gasteiger partial charge on any atom is 0.241 e. The molecule has 2 aromatic carbocycles. The number of benzene rings is 2. The molecule has 130 valence electrons. The minimum absolute atomic E-state index is 0.429. The van der Waals surface area contributed by atoms with Crippen LogP contribution in [0, 0.1) is 0 Å². The summed E-state index contributed by atoms with van der Waals surface area (Å²) in [7, 11) is 0. The van der Waals surface area contributed by atoms with Crippen molar-refractivity contribution in [3.63, 3.8) is 0 Å². The Bertz CT molecular complexity index is 753. The van der Waals surface area contributed by atoms with Gasteiger partial charge < -0.3 is 10.6 Å². The number of hydrogen-bond acceptors (Lipinski definition) is 3. The van der Waals surface area contributed by atoms with Crippen LogP contribution in [-0.2, 0) is 11.3 Å². The highest BCUT2D eigenvalue weighted by Gasteiger charge is 2.19. The zero-order valence-corrected chi connectivity index (χ0v) is 15.7. The number of rotatable bonds is 5. The molecule has 1 saturated heterocycles. The molecule has 4 nitrogen and oxygen atoms in total. The smallest absolute Gasteiger partial charge is 0.241 e. The third kappa shape index (κ3) is 4.94. The van der Waals surface area contributed by atoms with E-state index in [2.05, 4.69) is 62.1 Å². The maximum absolute atomic E-state index is 11.0. The van der Waals surface area contributed by atoms with Crippen molar-refractivity contribution in [3.8, 4) is 0 Å². The molecule has 0 radical (unpaired) electrons. The molecule has 2 N–H and O–H groups in total. The molecule has 25 heavy (non-hydrogen) atoms. The van der Waals surface area contributed by atoms with E-state index < -0.39 is 5.91 Å². The molecule has 1 heterocycles. The number of amides is 1. The Morgan fingerprint density at radius 2 is 1.80 bits per heavy atom. The highest BCUT2D eigenvalue weighted by molar-refractivity contribution is 9.10. The molecule has 0 bridgehead atoms. The lowest BCUT2D eigenvalue weighted by Crippen LogP contribution is -2.46. The molecule has 5 heteroatoms. The standard InChI is InChI=1S/C20H22BrN3O/c21-18-8-6-17(7-9-20(22)25)19(14-18)24-12-10-23(11-13-24)15-16-4-2-1-3-5-16/h1-9,14H,10-13,15H2,(H2,22,25)/b9-7+. The van der Waals surface area contributed by atoms with Crippen LogP contribution in [0.25, 0.3) is 6.08 Å². The number of anilines is 1. The second-order valence-corrected chi connectivity index (χ2v) is 7.10. The molecular weight excluding hydrogens is 378 g/mol. The molecule has 0 aromatic heterocycles. The van der Waals surface area contributed by atoms with Gasteiger partial charge in [-0.25, -0.2) is 0 Å². The lowest BCUT2D eigenvalue weighted by atomic mass is 10.1. The fraction of sp³-hybridized carbons (Fsp3) is 0.250. The van der Waals surface area contributed by atoms with Crippen molar-refractivity contribution in [1.82, 2.24) is 4.90 Å². The molecular formula is C20H22BrN3O. The van der Waals surface area contributed by atoms with Crippen molar-refractivity contribution in [2.45, 2.75) is 6.54 Å². The number of halogens is 1. The summed E-state index contributed by atoms with van der Waals surface area (Å²) in [6, 6.07) is 16.7. The molecule has 0 unspecified atom stereocenters. The van der Waals surface area contributed by atoms with Gasteiger partial charge in [-0.3, -0.25) is 9.69 Å². The highest BCUT2D eigenvalue weighted by Crippen LogP contribution is 2.27. The number of nitrogens with two attached hydrogens (primary N) is 1. The van der Waals surface area contributed by atoms with Gasteiger partial charge in [0, 0.05) is 49.0 Å². The van der Waals surface area contributed by atoms with Crippen molar-refractivity contribution in [2.75, 3.05) is 31.1 Å². The summed E-state index contributed by atoms with van der Waals surface area (Å²) in [4.78, 5) is 15.9. The van der Waals surface area contributed by atoms with Gasteiger partial charge >= 0.3 is 0 Å². The zero-order chi connectivity index (χ0) is 17.6. The van der Waals surface area contributed by atoms with E-state index in [1.54, 1.807) is 6.08 Å². The van der Waals surface area contributed by atoms with Gasteiger partial charge in [0.05, 0.1) is 0 Å². The number of carbonyl (C=O) groups is 1. The SMILES string of the molecule is NC(=O)/C=C/c1ccc(Br)cc1N1CCN(Cc2ccccc2)CC1. The second-order valence-electron chi connectivity index (χ2n) is 6.19. The molecule has 1 fully saturated rings. The molecule has 0 saturated carbocycles. The average Bonchev–Trinajstić information content (AvgIpc) is 2.62. The van der Waals surface area contributed by atoms with Gasteiger partial charge in [0.1, 0.15) is 0 Å². The largest absolute Gasteiger partial charge is 0.368 e. The third-order valence-electron chi connectivity index (χ3n) is 4.38. The van der Waals surface area contributed by atoms with Gasteiger partial charge in [-0.2, -0.15) is 0 Å². The van der Waals surface area contributed by atoms with E-state index in [0.29, 0.717) is 0 Å². The Balaban J connectivity index is 1.68. The van der Waals surface area contributed by atoms with Crippen LogP contribution in [0.3, 0.4) is 0 Å². The van der Waals surface area contributed by atoms with Crippen LogP contribution in [0.2, 0.25) is 0 Å². The average molecular weight is 400 g/mol. The van der Waals surface area contributed by atoms with Crippen molar-refractivity contribution < 1.29 is 4.79 Å². The third-order valence-corrected chi connectivity index (χ3v) is 4.87. The van der Waals surface area contributed by atoms with Gasteiger partial charge in [-0.1, -0.05) is 52.3 Å². The molecule has 1 amide bonds. The predicted octanol–water partition coefficient (Wildman–Crippen LogP) is 3.27. The Morgan fingerprint density at radius 3 is 2.48 bits per heavy atom. The van der Waals surface area contributed by atoms with Crippen molar-refractivity contribution in [1.29, 1.82) is 0 Å². The Hall–Kier alpha value is -2.11. The number of piperazine rings is 1. The maximum atomic E-state index is 11.0. The first-order valence-electron chi connectivity index (χ1n) is 8.40. The number of nitrogens with zero attached hydrogens (tertiary/aromatic N) is 2. The lowest BCUT2D eigenvalue weighted by molar-refractivity contribution is -0.113. The summed E-state index contributed by atoms with van der Waals surface area (Å²) in [5.74, 6) is -0.429. The van der Waals surface area contributed by atoms with E-state index in [1.165, 1.54) is 11.6 Å². The molecule has 1 aliphatic heterocycles. The summed E-state index contributed by atoms with van der Waals surface area (Å²) < 4.78 is 1.03. The van der Waals surface area contributed by atoms with Crippen LogP contribution in [0.5, 0.6) is 0 Å². The van der Waals surface area contributed by atoms with Crippen molar-refractivity contribution in [2.24, 2.45) is 5.73 Å². The molecule has 2 aromatic rings. The molecule has 0 spiro atoms. The first kappa shape index (κ1) is 17.7. The second kappa shape index (κ2) is 8.32. The number of carbonyl (C=O) groups excluding carboxylic acids is 1. The predicted molar refractivity (Wildman–Crippen MR) is 106 cm³/mol. The van der Waals surface area contributed by atoms with E-state index >= 15 is 0 Å².